The van der Waals surface area contributed by atoms with Crippen LogP contribution in [0.15, 0.2) is 12.5 Å². The standard InChI is InChI=1S/C17H28N6O8/c1-7(25)12(18)15(28)23-13(8(2)26)16(29)22-11(5-24)14(27)21-10(17(30)31)3-9-4-19-6-20-9/h4,6-8,10-13,24-26H,3,5,18H2,1-2H3,(H,19,20)(H,21,27)(H,22,29)(H,23,28)(H,30,31). The van der Waals surface area contributed by atoms with Gasteiger partial charge in [0.1, 0.15) is 24.2 Å². The van der Waals surface area contributed by atoms with E-state index >= 15 is 0 Å². The molecule has 1 rings (SSSR count). The van der Waals surface area contributed by atoms with Crippen LogP contribution < -0.4 is 21.7 Å². The number of carbonyl (C=O) groups excluding carboxylic acids is 3. The first-order valence-electron chi connectivity index (χ1n) is 9.31. The van der Waals surface area contributed by atoms with Gasteiger partial charge in [0.25, 0.3) is 0 Å². The Balaban J connectivity index is 2.82. The Kier molecular flexibility index (Phi) is 10.0. The lowest BCUT2D eigenvalue weighted by Crippen LogP contribution is -2.61. The number of aromatic amines is 1. The average Bonchev–Trinajstić information content (AvgIpc) is 3.21. The summed E-state index contributed by atoms with van der Waals surface area (Å²) >= 11 is 0. The van der Waals surface area contributed by atoms with Crippen LogP contribution in [-0.2, 0) is 25.6 Å². The molecule has 14 heteroatoms. The van der Waals surface area contributed by atoms with E-state index in [1.165, 1.54) is 26.4 Å². The lowest BCUT2D eigenvalue weighted by molar-refractivity contribution is -0.142. The molecular weight excluding hydrogens is 416 g/mol. The van der Waals surface area contributed by atoms with Crippen LogP contribution in [0.2, 0.25) is 0 Å². The quantitative estimate of drug-likeness (QED) is 0.150. The molecule has 0 radical (unpaired) electrons. The van der Waals surface area contributed by atoms with Crippen LogP contribution >= 0.6 is 0 Å². The number of aliphatic hydroxyl groups is 3. The lowest BCUT2D eigenvalue weighted by atomic mass is 10.1. The zero-order valence-corrected chi connectivity index (χ0v) is 17.0. The van der Waals surface area contributed by atoms with Crippen molar-refractivity contribution in [3.63, 3.8) is 0 Å². The van der Waals surface area contributed by atoms with E-state index < -0.39 is 66.7 Å². The molecule has 0 aliphatic heterocycles. The molecule has 6 atom stereocenters. The number of H-pyrrole nitrogens is 1. The Hall–Kier alpha value is -3.07. The fraction of sp³-hybridized carbons (Fsp3) is 0.588. The van der Waals surface area contributed by atoms with Gasteiger partial charge in [-0.15, -0.1) is 0 Å². The van der Waals surface area contributed by atoms with E-state index in [9.17, 15) is 39.6 Å². The fourth-order valence-corrected chi connectivity index (χ4v) is 2.42. The maximum Gasteiger partial charge on any atom is 0.326 e. The Labute approximate surface area is 177 Å². The lowest BCUT2D eigenvalue weighted by Gasteiger charge is -2.26. The number of carboxylic acids is 1. The number of amides is 3. The van der Waals surface area contributed by atoms with Crippen LogP contribution in [0.1, 0.15) is 19.5 Å². The molecule has 1 aromatic rings. The number of rotatable bonds is 12. The summed E-state index contributed by atoms with van der Waals surface area (Å²) in [5.74, 6) is -4.31. The third kappa shape index (κ3) is 7.93. The number of hydrogen-bond acceptors (Lipinski definition) is 9. The van der Waals surface area contributed by atoms with Crippen LogP contribution in [0.5, 0.6) is 0 Å². The topological polar surface area (TPSA) is 240 Å². The van der Waals surface area contributed by atoms with Crippen molar-refractivity contribution in [1.29, 1.82) is 0 Å². The first kappa shape index (κ1) is 26.0. The summed E-state index contributed by atoms with van der Waals surface area (Å²) in [6.45, 7) is 1.56. The van der Waals surface area contributed by atoms with Crippen molar-refractivity contribution in [2.24, 2.45) is 5.73 Å². The van der Waals surface area contributed by atoms with Crippen LogP contribution in [-0.4, -0.2) is 97.1 Å². The van der Waals surface area contributed by atoms with Gasteiger partial charge in [-0.05, 0) is 13.8 Å². The number of carbonyl (C=O) groups is 4. The molecule has 0 aliphatic rings. The van der Waals surface area contributed by atoms with Gasteiger partial charge in [-0.3, -0.25) is 14.4 Å². The third-order valence-corrected chi connectivity index (χ3v) is 4.29. The highest BCUT2D eigenvalue weighted by Crippen LogP contribution is 2.01. The molecular formula is C17H28N6O8. The van der Waals surface area contributed by atoms with Gasteiger partial charge in [0.15, 0.2) is 0 Å². The molecule has 10 N–H and O–H groups in total. The summed E-state index contributed by atoms with van der Waals surface area (Å²) in [6.07, 6.45) is -0.0603. The molecule has 0 bridgehead atoms. The van der Waals surface area contributed by atoms with Crippen molar-refractivity contribution >= 4 is 23.7 Å². The predicted molar refractivity (Wildman–Crippen MR) is 104 cm³/mol. The summed E-state index contributed by atoms with van der Waals surface area (Å²) in [5, 5.41) is 44.4. The molecule has 0 aromatic carbocycles. The maximum atomic E-state index is 12.5. The second kappa shape index (κ2) is 11.9. The van der Waals surface area contributed by atoms with Crippen molar-refractivity contribution < 1.29 is 39.6 Å². The summed E-state index contributed by atoms with van der Waals surface area (Å²) in [5.41, 5.74) is 5.91. The number of aliphatic carboxylic acids is 1. The normalized spacial score (nSPS) is 16.8. The number of aliphatic hydroxyl groups excluding tert-OH is 3. The number of imidazole rings is 1. The predicted octanol–water partition coefficient (Wildman–Crippen LogP) is -4.43. The number of nitrogens with zero attached hydrogens (tertiary/aromatic N) is 1. The molecule has 0 aliphatic carbocycles. The highest BCUT2D eigenvalue weighted by molar-refractivity contribution is 5.94. The Morgan fingerprint density at radius 2 is 1.65 bits per heavy atom. The molecule has 0 fully saturated rings. The number of carboxylic acid groups (broad SMARTS) is 1. The van der Waals surface area contributed by atoms with E-state index in [0.29, 0.717) is 5.69 Å². The van der Waals surface area contributed by atoms with Gasteiger partial charge in [-0.1, -0.05) is 0 Å². The summed E-state index contributed by atoms with van der Waals surface area (Å²) in [4.78, 5) is 54.7. The molecule has 1 heterocycles. The minimum atomic E-state index is -1.57. The second-order valence-corrected chi connectivity index (χ2v) is 6.92. The number of nitrogens with two attached hydrogens (primary N) is 1. The molecule has 0 spiro atoms. The highest BCUT2D eigenvalue weighted by atomic mass is 16.4. The van der Waals surface area contributed by atoms with Gasteiger partial charge < -0.3 is 47.1 Å². The molecule has 0 saturated heterocycles. The molecule has 31 heavy (non-hydrogen) atoms. The fourth-order valence-electron chi connectivity index (χ4n) is 2.42. The van der Waals surface area contributed by atoms with Gasteiger partial charge in [0.2, 0.25) is 17.7 Å². The molecule has 3 amide bonds. The third-order valence-electron chi connectivity index (χ3n) is 4.29. The van der Waals surface area contributed by atoms with E-state index in [2.05, 4.69) is 25.9 Å². The van der Waals surface area contributed by atoms with Gasteiger partial charge >= 0.3 is 5.97 Å². The Bertz CT molecular complexity index is 754. The van der Waals surface area contributed by atoms with Crippen molar-refractivity contribution in [3.8, 4) is 0 Å². The van der Waals surface area contributed by atoms with E-state index in [4.69, 9.17) is 5.73 Å². The summed E-state index contributed by atoms with van der Waals surface area (Å²) < 4.78 is 0. The van der Waals surface area contributed by atoms with Crippen LogP contribution in [0, 0.1) is 0 Å². The Morgan fingerprint density at radius 3 is 2.10 bits per heavy atom. The highest BCUT2D eigenvalue weighted by Gasteiger charge is 2.33. The maximum absolute atomic E-state index is 12.5. The second-order valence-electron chi connectivity index (χ2n) is 6.92. The van der Waals surface area contributed by atoms with E-state index in [1.54, 1.807) is 0 Å². The molecule has 1 aromatic heterocycles. The van der Waals surface area contributed by atoms with E-state index in [1.807, 2.05) is 0 Å². The Morgan fingerprint density at radius 1 is 1.03 bits per heavy atom. The zero-order valence-electron chi connectivity index (χ0n) is 17.0. The smallest absolute Gasteiger partial charge is 0.326 e. The SMILES string of the molecule is CC(O)C(N)C(=O)NC(C(=O)NC(CO)C(=O)NC(Cc1cnc[nH]1)C(=O)O)C(C)O. The first-order chi connectivity index (χ1) is 14.5. The van der Waals surface area contributed by atoms with Crippen LogP contribution in [0.25, 0.3) is 0 Å². The summed E-state index contributed by atoms with van der Waals surface area (Å²) in [6, 6.07) is -5.88. The molecule has 174 valence electrons. The molecule has 6 unspecified atom stereocenters. The molecule has 0 saturated carbocycles. The van der Waals surface area contributed by atoms with Crippen molar-refractivity contribution in [2.75, 3.05) is 6.61 Å². The largest absolute Gasteiger partial charge is 0.480 e. The average molecular weight is 444 g/mol. The minimum absolute atomic E-state index is 0.128. The van der Waals surface area contributed by atoms with Crippen molar-refractivity contribution in [1.82, 2.24) is 25.9 Å². The van der Waals surface area contributed by atoms with Gasteiger partial charge in [-0.25, -0.2) is 9.78 Å². The molecule has 14 nitrogen and oxygen atoms in total. The van der Waals surface area contributed by atoms with Gasteiger partial charge in [0, 0.05) is 18.3 Å². The van der Waals surface area contributed by atoms with Crippen LogP contribution in [0.3, 0.4) is 0 Å². The van der Waals surface area contributed by atoms with Gasteiger partial charge in [-0.2, -0.15) is 0 Å². The zero-order chi connectivity index (χ0) is 23.7. The first-order valence-corrected chi connectivity index (χ1v) is 9.31. The number of aromatic nitrogens is 2. The van der Waals surface area contributed by atoms with Gasteiger partial charge in [0.05, 0.1) is 25.1 Å². The van der Waals surface area contributed by atoms with Crippen molar-refractivity contribution in [2.45, 2.75) is 56.6 Å². The van der Waals surface area contributed by atoms with E-state index in [0.717, 1.165) is 0 Å². The van der Waals surface area contributed by atoms with E-state index in [-0.39, 0.29) is 6.42 Å². The number of hydrogen-bond donors (Lipinski definition) is 9. The monoisotopic (exact) mass is 444 g/mol. The van der Waals surface area contributed by atoms with Crippen molar-refractivity contribution in [3.05, 3.63) is 18.2 Å². The number of nitrogens with one attached hydrogen (secondary N) is 4. The van der Waals surface area contributed by atoms with Crippen LogP contribution in [0.4, 0.5) is 0 Å². The minimum Gasteiger partial charge on any atom is -0.480 e. The summed E-state index contributed by atoms with van der Waals surface area (Å²) in [7, 11) is 0.